The molecule has 0 aliphatic heterocycles. The third kappa shape index (κ3) is 7.95. The van der Waals surface area contributed by atoms with E-state index >= 15 is 0 Å². The van der Waals surface area contributed by atoms with E-state index in [1.165, 1.54) is 57.0 Å². The molecule has 0 radical (unpaired) electrons. The number of aryl methyl sites for hydroxylation is 1. The number of aromatic nitrogens is 1. The highest BCUT2D eigenvalue weighted by Gasteiger charge is 2.15. The van der Waals surface area contributed by atoms with Crippen molar-refractivity contribution in [3.05, 3.63) is 39.4 Å². The molecule has 6 nitrogen and oxygen atoms in total. The van der Waals surface area contributed by atoms with E-state index in [0.717, 1.165) is 12.0 Å². The number of rotatable bonds is 13. The summed E-state index contributed by atoms with van der Waals surface area (Å²) in [6, 6.07) is 5.55. The number of anilines is 1. The summed E-state index contributed by atoms with van der Waals surface area (Å²) in [6.45, 7) is 4.66. The second-order valence-corrected chi connectivity index (χ2v) is 8.36. The summed E-state index contributed by atoms with van der Waals surface area (Å²) >= 11 is 7.52. The van der Waals surface area contributed by atoms with E-state index < -0.39 is 5.97 Å². The van der Waals surface area contributed by atoms with E-state index in [4.69, 9.17) is 21.1 Å². The minimum absolute atomic E-state index is 0.402. The fourth-order valence-corrected chi connectivity index (χ4v) is 3.92. The van der Waals surface area contributed by atoms with Gasteiger partial charge in [-0.05, 0) is 37.1 Å². The lowest BCUT2D eigenvalue weighted by Crippen LogP contribution is -1.99. The number of carbonyl (C=O) groups is 1. The van der Waals surface area contributed by atoms with Crippen LogP contribution in [0.2, 0.25) is 5.02 Å². The first-order valence-corrected chi connectivity index (χ1v) is 11.5. The number of nitrogens with zero attached hydrogens (tertiary/aromatic N) is 2. The third-order valence-electron chi connectivity index (χ3n) is 4.50. The maximum atomic E-state index is 11.6. The standard InChI is InChI=1S/C22H30ClN3O3S/c1-4-5-6-7-8-9-10-13-29-19-12-11-17(14-18(19)23)15-24-26-22-25-16(2)20(30-22)21(27)28-3/h11-12,14-15H,4-10,13H2,1-3H3,(H,25,26)/b24-15-. The van der Waals surface area contributed by atoms with Crippen molar-refractivity contribution in [1.82, 2.24) is 4.98 Å². The van der Waals surface area contributed by atoms with Crippen molar-refractivity contribution < 1.29 is 14.3 Å². The Morgan fingerprint density at radius 3 is 2.67 bits per heavy atom. The zero-order chi connectivity index (χ0) is 21.8. The third-order valence-corrected chi connectivity index (χ3v) is 5.84. The highest BCUT2D eigenvalue weighted by atomic mass is 35.5. The van der Waals surface area contributed by atoms with Crippen LogP contribution in [0.3, 0.4) is 0 Å². The minimum atomic E-state index is -0.402. The molecule has 0 atom stereocenters. The summed E-state index contributed by atoms with van der Waals surface area (Å²) in [4.78, 5) is 16.4. The highest BCUT2D eigenvalue weighted by Crippen LogP contribution is 2.26. The summed E-state index contributed by atoms with van der Waals surface area (Å²) in [5, 5.41) is 5.23. The van der Waals surface area contributed by atoms with Crippen LogP contribution in [-0.4, -0.2) is 30.9 Å². The molecular weight excluding hydrogens is 422 g/mol. The predicted molar refractivity (Wildman–Crippen MR) is 124 cm³/mol. The number of methoxy groups -OCH3 is 1. The van der Waals surface area contributed by atoms with Gasteiger partial charge in [0.25, 0.3) is 0 Å². The van der Waals surface area contributed by atoms with Gasteiger partial charge in [-0.1, -0.05) is 68.4 Å². The van der Waals surface area contributed by atoms with Crippen LogP contribution in [0.4, 0.5) is 5.13 Å². The van der Waals surface area contributed by atoms with Gasteiger partial charge in [-0.2, -0.15) is 5.10 Å². The number of halogens is 1. The van der Waals surface area contributed by atoms with E-state index in [0.29, 0.717) is 33.1 Å². The molecule has 2 rings (SSSR count). The quantitative estimate of drug-likeness (QED) is 0.163. The van der Waals surface area contributed by atoms with Gasteiger partial charge >= 0.3 is 5.97 Å². The molecule has 0 saturated carbocycles. The number of ether oxygens (including phenoxy) is 2. The van der Waals surface area contributed by atoms with Gasteiger partial charge in [0.15, 0.2) is 0 Å². The first kappa shape index (κ1) is 24.2. The van der Waals surface area contributed by atoms with Crippen LogP contribution < -0.4 is 10.2 Å². The molecule has 1 N–H and O–H groups in total. The van der Waals surface area contributed by atoms with Crippen molar-refractivity contribution in [3.63, 3.8) is 0 Å². The second-order valence-electron chi connectivity index (χ2n) is 6.95. The van der Waals surface area contributed by atoms with Gasteiger partial charge < -0.3 is 9.47 Å². The van der Waals surface area contributed by atoms with Crippen molar-refractivity contribution in [2.24, 2.45) is 5.10 Å². The summed E-state index contributed by atoms with van der Waals surface area (Å²) in [5.74, 6) is 0.284. The Bertz CT molecular complexity index is 839. The van der Waals surface area contributed by atoms with E-state index in [1.54, 1.807) is 19.2 Å². The minimum Gasteiger partial charge on any atom is -0.492 e. The Balaban J connectivity index is 1.77. The van der Waals surface area contributed by atoms with Crippen LogP contribution in [0.15, 0.2) is 23.3 Å². The Morgan fingerprint density at radius 1 is 1.23 bits per heavy atom. The molecule has 2 aromatic rings. The number of nitrogens with one attached hydrogen (secondary N) is 1. The normalized spacial score (nSPS) is 11.1. The summed E-state index contributed by atoms with van der Waals surface area (Å²) in [5.41, 5.74) is 4.27. The number of esters is 1. The molecular formula is C22H30ClN3O3S. The van der Waals surface area contributed by atoms with Gasteiger partial charge in [-0.3, -0.25) is 5.43 Å². The van der Waals surface area contributed by atoms with E-state index in [1.807, 2.05) is 12.1 Å². The zero-order valence-corrected chi connectivity index (χ0v) is 19.4. The first-order chi connectivity index (χ1) is 14.5. The summed E-state index contributed by atoms with van der Waals surface area (Å²) < 4.78 is 10.5. The number of hydrazone groups is 1. The molecule has 0 unspecified atom stereocenters. The molecule has 164 valence electrons. The SMILES string of the molecule is CCCCCCCCCOc1ccc(/C=N\Nc2nc(C)c(C(=O)OC)s2)cc1Cl. The van der Waals surface area contributed by atoms with Crippen molar-refractivity contribution in [2.45, 2.75) is 58.8 Å². The van der Waals surface area contributed by atoms with Crippen LogP contribution in [0, 0.1) is 6.92 Å². The molecule has 1 aromatic carbocycles. The zero-order valence-electron chi connectivity index (χ0n) is 17.9. The molecule has 1 aromatic heterocycles. The molecule has 30 heavy (non-hydrogen) atoms. The van der Waals surface area contributed by atoms with Crippen molar-refractivity contribution in [1.29, 1.82) is 0 Å². The van der Waals surface area contributed by atoms with Crippen molar-refractivity contribution in [2.75, 3.05) is 19.1 Å². The van der Waals surface area contributed by atoms with Crippen LogP contribution in [0.25, 0.3) is 0 Å². The lowest BCUT2D eigenvalue weighted by atomic mass is 10.1. The first-order valence-electron chi connectivity index (χ1n) is 10.3. The molecule has 0 amide bonds. The Morgan fingerprint density at radius 2 is 1.97 bits per heavy atom. The number of benzene rings is 1. The molecule has 0 saturated heterocycles. The molecule has 0 spiro atoms. The van der Waals surface area contributed by atoms with Crippen LogP contribution in [0.1, 0.15) is 72.8 Å². The smallest absolute Gasteiger partial charge is 0.350 e. The lowest BCUT2D eigenvalue weighted by molar-refractivity contribution is 0.0605. The number of carbonyl (C=O) groups excluding carboxylic acids is 1. The Hall–Kier alpha value is -2.12. The lowest BCUT2D eigenvalue weighted by Gasteiger charge is -2.08. The van der Waals surface area contributed by atoms with E-state index in [2.05, 4.69) is 22.4 Å². The maximum absolute atomic E-state index is 11.6. The average molecular weight is 452 g/mol. The van der Waals surface area contributed by atoms with Gasteiger partial charge in [0, 0.05) is 0 Å². The number of hydrogen-bond donors (Lipinski definition) is 1. The Labute approximate surface area is 187 Å². The highest BCUT2D eigenvalue weighted by molar-refractivity contribution is 7.17. The van der Waals surface area contributed by atoms with Gasteiger partial charge in [-0.25, -0.2) is 9.78 Å². The number of hydrogen-bond acceptors (Lipinski definition) is 7. The van der Waals surface area contributed by atoms with Gasteiger partial charge in [-0.15, -0.1) is 0 Å². The monoisotopic (exact) mass is 451 g/mol. The van der Waals surface area contributed by atoms with Crippen molar-refractivity contribution in [3.8, 4) is 5.75 Å². The molecule has 0 bridgehead atoms. The molecule has 8 heteroatoms. The number of unbranched alkanes of at least 4 members (excludes halogenated alkanes) is 6. The Kier molecular flexibility index (Phi) is 10.7. The molecule has 0 aliphatic rings. The maximum Gasteiger partial charge on any atom is 0.350 e. The average Bonchev–Trinajstić information content (AvgIpc) is 3.11. The van der Waals surface area contributed by atoms with Crippen LogP contribution in [0.5, 0.6) is 5.75 Å². The fourth-order valence-electron chi connectivity index (χ4n) is 2.84. The van der Waals surface area contributed by atoms with E-state index in [9.17, 15) is 4.79 Å². The molecule has 0 aliphatic carbocycles. The van der Waals surface area contributed by atoms with Crippen molar-refractivity contribution >= 4 is 40.3 Å². The van der Waals surface area contributed by atoms with Gasteiger partial charge in [0.2, 0.25) is 5.13 Å². The van der Waals surface area contributed by atoms with Gasteiger partial charge in [0.05, 0.1) is 30.6 Å². The largest absolute Gasteiger partial charge is 0.492 e. The van der Waals surface area contributed by atoms with Gasteiger partial charge in [0.1, 0.15) is 10.6 Å². The summed E-state index contributed by atoms with van der Waals surface area (Å²) in [6.07, 6.45) is 10.4. The molecule has 1 heterocycles. The fraction of sp³-hybridized carbons (Fsp3) is 0.500. The van der Waals surface area contributed by atoms with E-state index in [-0.39, 0.29) is 0 Å². The number of thiazole rings is 1. The van der Waals surface area contributed by atoms with Crippen LogP contribution in [-0.2, 0) is 4.74 Å². The molecule has 0 fully saturated rings. The predicted octanol–water partition coefficient (Wildman–Crippen LogP) is 6.47. The topological polar surface area (TPSA) is 72.8 Å². The summed E-state index contributed by atoms with van der Waals surface area (Å²) in [7, 11) is 1.35. The van der Waals surface area contributed by atoms with Crippen LogP contribution >= 0.6 is 22.9 Å². The second kappa shape index (κ2) is 13.2.